The van der Waals surface area contributed by atoms with Crippen LogP contribution in [0.15, 0.2) is 24.3 Å². The summed E-state index contributed by atoms with van der Waals surface area (Å²) in [6.07, 6.45) is 0. The Morgan fingerprint density at radius 1 is 1.18 bits per heavy atom. The molecule has 1 aromatic carbocycles. The first kappa shape index (κ1) is 14.2. The summed E-state index contributed by atoms with van der Waals surface area (Å²) in [5.74, 6) is 0. The van der Waals surface area contributed by atoms with Gasteiger partial charge in [-0.25, -0.2) is 0 Å². The molecule has 2 heteroatoms. The predicted octanol–water partition coefficient (Wildman–Crippen LogP) is 2.81. The third kappa shape index (κ3) is 4.88. The van der Waals surface area contributed by atoms with Crippen molar-refractivity contribution in [3.63, 3.8) is 0 Å². The number of nitrogens with zero attached hydrogens (tertiary/aromatic N) is 1. The van der Waals surface area contributed by atoms with E-state index in [0.29, 0.717) is 12.1 Å². The van der Waals surface area contributed by atoms with Gasteiger partial charge in [0.05, 0.1) is 0 Å². The molecule has 1 N–H and O–H groups in total. The van der Waals surface area contributed by atoms with Crippen molar-refractivity contribution in [2.45, 2.75) is 46.3 Å². The molecule has 0 saturated heterocycles. The van der Waals surface area contributed by atoms with E-state index in [9.17, 15) is 0 Å². The zero-order valence-electron chi connectivity index (χ0n) is 11.8. The number of aryl methyl sites for hydroxylation is 1. The Hall–Kier alpha value is -0.860. The van der Waals surface area contributed by atoms with E-state index in [1.807, 2.05) is 0 Å². The van der Waals surface area contributed by atoms with Crippen molar-refractivity contribution in [3.05, 3.63) is 35.4 Å². The highest BCUT2D eigenvalue weighted by molar-refractivity contribution is 5.25. The van der Waals surface area contributed by atoms with Crippen LogP contribution < -0.4 is 5.32 Å². The fourth-order valence-electron chi connectivity index (χ4n) is 1.77. The predicted molar refractivity (Wildman–Crippen MR) is 75.2 cm³/mol. The van der Waals surface area contributed by atoms with E-state index in [-0.39, 0.29) is 0 Å². The van der Waals surface area contributed by atoms with Crippen molar-refractivity contribution in [2.24, 2.45) is 0 Å². The summed E-state index contributed by atoms with van der Waals surface area (Å²) < 4.78 is 0. The first-order valence-corrected chi connectivity index (χ1v) is 6.49. The highest BCUT2D eigenvalue weighted by Gasteiger charge is 2.10. The number of benzene rings is 1. The smallest absolute Gasteiger partial charge is 0.0236 e. The van der Waals surface area contributed by atoms with Gasteiger partial charge >= 0.3 is 0 Å². The molecule has 0 aliphatic heterocycles. The molecule has 0 fully saturated rings. The van der Waals surface area contributed by atoms with Crippen molar-refractivity contribution in [1.82, 2.24) is 10.2 Å². The van der Waals surface area contributed by atoms with Crippen LogP contribution in [-0.2, 0) is 6.54 Å². The van der Waals surface area contributed by atoms with Gasteiger partial charge in [0.1, 0.15) is 0 Å². The first-order chi connectivity index (χ1) is 8.00. The van der Waals surface area contributed by atoms with Gasteiger partial charge in [-0.3, -0.25) is 4.90 Å². The number of likely N-dealkylation sites (N-methyl/N-ethyl adjacent to an activating group) is 1. The fourth-order valence-corrected chi connectivity index (χ4v) is 1.77. The van der Waals surface area contributed by atoms with E-state index in [1.54, 1.807) is 0 Å². The van der Waals surface area contributed by atoms with Gasteiger partial charge in [-0.2, -0.15) is 0 Å². The maximum absolute atomic E-state index is 3.48. The zero-order valence-corrected chi connectivity index (χ0v) is 11.8. The summed E-state index contributed by atoms with van der Waals surface area (Å²) >= 11 is 0. The molecule has 0 aromatic heterocycles. The van der Waals surface area contributed by atoms with Gasteiger partial charge in [0.2, 0.25) is 0 Å². The third-order valence-electron chi connectivity index (χ3n) is 3.25. The largest absolute Gasteiger partial charge is 0.313 e. The molecule has 1 unspecified atom stereocenters. The zero-order chi connectivity index (χ0) is 12.8. The monoisotopic (exact) mass is 234 g/mol. The van der Waals surface area contributed by atoms with E-state index in [0.717, 1.165) is 13.1 Å². The van der Waals surface area contributed by atoms with Crippen LogP contribution in [0.2, 0.25) is 0 Å². The van der Waals surface area contributed by atoms with Crippen molar-refractivity contribution in [2.75, 3.05) is 13.6 Å². The van der Waals surface area contributed by atoms with Crippen LogP contribution in [0.5, 0.6) is 0 Å². The molecule has 0 aliphatic rings. The van der Waals surface area contributed by atoms with Gasteiger partial charge in [0, 0.05) is 25.2 Å². The molecule has 0 amide bonds. The van der Waals surface area contributed by atoms with Gasteiger partial charge < -0.3 is 5.32 Å². The molecule has 2 nitrogen and oxygen atoms in total. The Labute approximate surface area is 106 Å². The lowest BCUT2D eigenvalue weighted by atomic mass is 10.1. The van der Waals surface area contributed by atoms with Gasteiger partial charge in [-0.05, 0) is 32.0 Å². The number of rotatable bonds is 6. The Bertz CT molecular complexity index is 333. The Kier molecular flexibility index (Phi) is 5.66. The summed E-state index contributed by atoms with van der Waals surface area (Å²) in [5.41, 5.74) is 2.80. The van der Waals surface area contributed by atoms with Crippen LogP contribution in [0.3, 0.4) is 0 Å². The van der Waals surface area contributed by atoms with Crippen molar-refractivity contribution in [3.8, 4) is 0 Å². The minimum absolute atomic E-state index is 0.553. The number of hydrogen-bond acceptors (Lipinski definition) is 2. The van der Waals surface area contributed by atoms with Crippen LogP contribution in [0.1, 0.15) is 31.9 Å². The van der Waals surface area contributed by atoms with E-state index >= 15 is 0 Å². The van der Waals surface area contributed by atoms with Gasteiger partial charge in [0.15, 0.2) is 0 Å². The molecule has 0 saturated carbocycles. The average Bonchev–Trinajstić information content (AvgIpc) is 2.28. The molecule has 17 heavy (non-hydrogen) atoms. The van der Waals surface area contributed by atoms with Crippen molar-refractivity contribution < 1.29 is 0 Å². The third-order valence-corrected chi connectivity index (χ3v) is 3.25. The van der Waals surface area contributed by atoms with E-state index in [1.165, 1.54) is 11.1 Å². The maximum atomic E-state index is 3.48. The van der Waals surface area contributed by atoms with Gasteiger partial charge in [-0.1, -0.05) is 38.1 Å². The first-order valence-electron chi connectivity index (χ1n) is 6.49. The molecule has 1 aromatic rings. The van der Waals surface area contributed by atoms with E-state index in [4.69, 9.17) is 0 Å². The normalized spacial score (nSPS) is 13.4. The van der Waals surface area contributed by atoms with Crippen LogP contribution in [0.4, 0.5) is 0 Å². The standard InChI is InChI=1S/C15H26N2/c1-12(2)16-10-14(4)17(5)11-15-9-7-6-8-13(15)3/h6-9,12,14,16H,10-11H2,1-5H3. The second-order valence-electron chi connectivity index (χ2n) is 5.25. The highest BCUT2D eigenvalue weighted by Crippen LogP contribution is 2.10. The molecule has 0 bridgehead atoms. The molecular formula is C15H26N2. The van der Waals surface area contributed by atoms with Crippen LogP contribution >= 0.6 is 0 Å². The number of nitrogens with one attached hydrogen (secondary N) is 1. The Morgan fingerprint density at radius 2 is 1.82 bits per heavy atom. The quantitative estimate of drug-likeness (QED) is 0.814. The fraction of sp³-hybridized carbons (Fsp3) is 0.600. The second kappa shape index (κ2) is 6.77. The van der Waals surface area contributed by atoms with Crippen molar-refractivity contribution >= 4 is 0 Å². The lowest BCUT2D eigenvalue weighted by Gasteiger charge is -2.26. The SMILES string of the molecule is Cc1ccccc1CN(C)C(C)CNC(C)C. The summed E-state index contributed by atoms with van der Waals surface area (Å²) in [6, 6.07) is 9.73. The maximum Gasteiger partial charge on any atom is 0.0236 e. The van der Waals surface area contributed by atoms with Crippen LogP contribution in [0.25, 0.3) is 0 Å². The molecule has 0 spiro atoms. The van der Waals surface area contributed by atoms with E-state index in [2.05, 4.69) is 69.2 Å². The Morgan fingerprint density at radius 3 is 2.41 bits per heavy atom. The minimum atomic E-state index is 0.553. The second-order valence-corrected chi connectivity index (χ2v) is 5.25. The molecule has 1 rings (SSSR count). The van der Waals surface area contributed by atoms with Crippen LogP contribution in [0, 0.1) is 6.92 Å². The summed E-state index contributed by atoms with van der Waals surface area (Å²) in [6.45, 7) is 10.9. The lowest BCUT2D eigenvalue weighted by Crippen LogP contribution is -2.39. The summed E-state index contributed by atoms with van der Waals surface area (Å²) in [4.78, 5) is 2.40. The minimum Gasteiger partial charge on any atom is -0.313 e. The molecule has 96 valence electrons. The molecule has 0 aliphatic carbocycles. The molecular weight excluding hydrogens is 208 g/mol. The van der Waals surface area contributed by atoms with Crippen LogP contribution in [-0.4, -0.2) is 30.6 Å². The topological polar surface area (TPSA) is 15.3 Å². The number of hydrogen-bond donors (Lipinski definition) is 1. The lowest BCUT2D eigenvalue weighted by molar-refractivity contribution is 0.239. The van der Waals surface area contributed by atoms with Crippen molar-refractivity contribution in [1.29, 1.82) is 0 Å². The Balaban J connectivity index is 2.48. The summed E-state index contributed by atoms with van der Waals surface area (Å²) in [5, 5.41) is 3.48. The summed E-state index contributed by atoms with van der Waals surface area (Å²) in [7, 11) is 2.19. The highest BCUT2D eigenvalue weighted by atomic mass is 15.1. The average molecular weight is 234 g/mol. The molecule has 0 heterocycles. The van der Waals surface area contributed by atoms with Gasteiger partial charge in [-0.15, -0.1) is 0 Å². The molecule has 0 radical (unpaired) electrons. The molecule has 1 atom stereocenters. The van der Waals surface area contributed by atoms with Gasteiger partial charge in [0.25, 0.3) is 0 Å². The van der Waals surface area contributed by atoms with E-state index < -0.39 is 0 Å².